The Morgan fingerprint density at radius 2 is 1.82 bits per heavy atom. The molecule has 2 N–H and O–H groups in total. The number of nitrogens with one attached hydrogen (secondary N) is 2. The van der Waals surface area contributed by atoms with Crippen LogP contribution in [0.3, 0.4) is 0 Å². The quantitative estimate of drug-likeness (QED) is 0.582. The molecular weight excluding hydrogens is 414 g/mol. The normalized spacial score (nSPS) is 13.2. The maximum Gasteiger partial charge on any atom is 0.314 e. The summed E-state index contributed by atoms with van der Waals surface area (Å²) in [5.41, 5.74) is 6.36. The van der Waals surface area contributed by atoms with Crippen molar-refractivity contribution in [1.29, 1.82) is 0 Å². The van der Waals surface area contributed by atoms with Crippen molar-refractivity contribution in [2.24, 2.45) is 0 Å². The second kappa shape index (κ2) is 10.2. The molecule has 0 fully saturated rings. The van der Waals surface area contributed by atoms with Crippen LogP contribution in [-0.4, -0.2) is 26.1 Å². The fraction of sp³-hybridized carbons (Fsp3) is 0.259. The van der Waals surface area contributed by atoms with Gasteiger partial charge in [-0.2, -0.15) is 0 Å². The molecule has 6 heteroatoms. The van der Waals surface area contributed by atoms with Crippen molar-refractivity contribution in [2.45, 2.75) is 32.4 Å². The number of carbonyl (C=O) groups excluding carboxylic acids is 2. The summed E-state index contributed by atoms with van der Waals surface area (Å²) in [6, 6.07) is 22.0. The van der Waals surface area contributed by atoms with Gasteiger partial charge in [0.2, 0.25) is 5.91 Å². The second-order valence-electron chi connectivity index (χ2n) is 8.11. The first-order valence-electron chi connectivity index (χ1n) is 11.2. The van der Waals surface area contributed by atoms with Crippen LogP contribution >= 0.6 is 0 Å². The number of hydrogen-bond acceptors (Lipinski definition) is 3. The van der Waals surface area contributed by atoms with Crippen molar-refractivity contribution in [3.63, 3.8) is 0 Å². The van der Waals surface area contributed by atoms with E-state index in [2.05, 4.69) is 41.0 Å². The first-order chi connectivity index (χ1) is 16.1. The summed E-state index contributed by atoms with van der Waals surface area (Å²) < 4.78 is 5.37. The Labute approximate surface area is 194 Å². The fourth-order valence-corrected chi connectivity index (χ4v) is 4.22. The van der Waals surface area contributed by atoms with E-state index in [9.17, 15) is 9.59 Å². The number of rotatable bonds is 6. The Morgan fingerprint density at radius 1 is 1.03 bits per heavy atom. The summed E-state index contributed by atoms with van der Waals surface area (Å²) in [6.45, 7) is 0.971. The van der Waals surface area contributed by atoms with Crippen LogP contribution in [0.15, 0.2) is 66.7 Å². The van der Waals surface area contributed by atoms with E-state index in [1.54, 1.807) is 14.2 Å². The first-order valence-corrected chi connectivity index (χ1v) is 11.2. The summed E-state index contributed by atoms with van der Waals surface area (Å²) in [6.07, 6.45) is 2.25. The first kappa shape index (κ1) is 22.4. The molecule has 0 bridgehead atoms. The molecule has 0 aromatic heterocycles. The van der Waals surface area contributed by atoms with Crippen molar-refractivity contribution in [1.82, 2.24) is 10.6 Å². The molecular formula is C27H29N3O3. The molecule has 170 valence electrons. The van der Waals surface area contributed by atoms with E-state index in [1.165, 1.54) is 0 Å². The topological polar surface area (TPSA) is 70.7 Å². The summed E-state index contributed by atoms with van der Waals surface area (Å²) in [4.78, 5) is 26.3. The molecule has 0 radical (unpaired) electrons. The molecule has 0 aliphatic carbocycles. The van der Waals surface area contributed by atoms with Gasteiger partial charge in [0.25, 0.3) is 0 Å². The van der Waals surface area contributed by atoms with E-state index in [0.717, 1.165) is 52.1 Å². The number of nitrogens with zero attached hydrogens (tertiary/aromatic N) is 1. The molecule has 1 heterocycles. The third-order valence-electron chi connectivity index (χ3n) is 6.00. The van der Waals surface area contributed by atoms with Gasteiger partial charge in [0, 0.05) is 25.7 Å². The van der Waals surface area contributed by atoms with Crippen LogP contribution in [0.4, 0.5) is 10.5 Å². The molecule has 4 rings (SSSR count). The summed E-state index contributed by atoms with van der Waals surface area (Å²) in [5, 5.41) is 5.42. The lowest BCUT2D eigenvalue weighted by atomic mass is 9.98. The number of ether oxygens (including phenoxy) is 1. The molecule has 1 aliphatic heterocycles. The van der Waals surface area contributed by atoms with Crippen LogP contribution in [0, 0.1) is 0 Å². The highest BCUT2D eigenvalue weighted by atomic mass is 16.5. The maximum atomic E-state index is 12.9. The number of hydrogen-bond donors (Lipinski definition) is 2. The molecule has 0 saturated carbocycles. The number of aryl methyl sites for hydroxylation is 1. The molecule has 0 saturated heterocycles. The van der Waals surface area contributed by atoms with Gasteiger partial charge in [-0.05, 0) is 58.9 Å². The lowest BCUT2D eigenvalue weighted by Gasteiger charge is -2.24. The fourth-order valence-electron chi connectivity index (χ4n) is 4.22. The lowest BCUT2D eigenvalue weighted by molar-refractivity contribution is -0.118. The second-order valence-corrected chi connectivity index (χ2v) is 8.11. The predicted octanol–water partition coefficient (Wildman–Crippen LogP) is 4.66. The SMILES string of the molecule is CNC(=O)NCc1ccccc1-c1ccc(CN2C(=O)CCCc3cc(OC)ccc32)cc1. The average Bonchev–Trinajstić information content (AvgIpc) is 3.01. The van der Waals surface area contributed by atoms with Gasteiger partial charge in [-0.3, -0.25) is 4.79 Å². The van der Waals surface area contributed by atoms with E-state index in [0.29, 0.717) is 19.5 Å². The lowest BCUT2D eigenvalue weighted by Crippen LogP contribution is -2.32. The van der Waals surface area contributed by atoms with Gasteiger partial charge in [-0.1, -0.05) is 48.5 Å². The van der Waals surface area contributed by atoms with Crippen LogP contribution in [0.2, 0.25) is 0 Å². The van der Waals surface area contributed by atoms with E-state index in [1.807, 2.05) is 41.3 Å². The number of methoxy groups -OCH3 is 1. The average molecular weight is 444 g/mol. The van der Waals surface area contributed by atoms with Gasteiger partial charge >= 0.3 is 6.03 Å². The zero-order valence-corrected chi connectivity index (χ0v) is 19.1. The summed E-state index contributed by atoms with van der Waals surface area (Å²) in [5.74, 6) is 0.964. The molecule has 3 aromatic rings. The van der Waals surface area contributed by atoms with Crippen LogP contribution in [-0.2, 0) is 24.3 Å². The van der Waals surface area contributed by atoms with Crippen molar-refractivity contribution >= 4 is 17.6 Å². The van der Waals surface area contributed by atoms with Crippen LogP contribution < -0.4 is 20.3 Å². The van der Waals surface area contributed by atoms with E-state index in [-0.39, 0.29) is 11.9 Å². The van der Waals surface area contributed by atoms with Gasteiger partial charge in [0.15, 0.2) is 0 Å². The highest BCUT2D eigenvalue weighted by Crippen LogP contribution is 2.32. The van der Waals surface area contributed by atoms with Gasteiger partial charge in [-0.15, -0.1) is 0 Å². The standard InChI is InChI=1S/C27H29N3O3/c1-28-27(32)29-17-22-6-3-4-8-24(22)20-12-10-19(11-13-20)18-30-25-15-14-23(33-2)16-21(25)7-5-9-26(30)31/h3-4,6,8,10-16H,5,7,9,17-18H2,1-2H3,(H2,28,29,32). The van der Waals surface area contributed by atoms with Gasteiger partial charge < -0.3 is 20.3 Å². The van der Waals surface area contributed by atoms with E-state index in [4.69, 9.17) is 4.74 Å². The molecule has 0 spiro atoms. The minimum atomic E-state index is -0.208. The molecule has 33 heavy (non-hydrogen) atoms. The molecule has 3 amide bonds. The Balaban J connectivity index is 1.55. The van der Waals surface area contributed by atoms with Gasteiger partial charge in [0.05, 0.1) is 13.7 Å². The van der Waals surface area contributed by atoms with E-state index >= 15 is 0 Å². The number of amides is 3. The Hall–Kier alpha value is -3.80. The number of urea groups is 1. The summed E-state index contributed by atoms with van der Waals surface area (Å²) in [7, 11) is 3.26. The highest BCUT2D eigenvalue weighted by molar-refractivity contribution is 5.95. The molecule has 0 atom stereocenters. The van der Waals surface area contributed by atoms with Crippen molar-refractivity contribution in [3.05, 3.63) is 83.4 Å². The van der Waals surface area contributed by atoms with Crippen LogP contribution in [0.1, 0.15) is 29.5 Å². The van der Waals surface area contributed by atoms with Crippen LogP contribution in [0.5, 0.6) is 5.75 Å². The van der Waals surface area contributed by atoms with Gasteiger partial charge in [-0.25, -0.2) is 4.79 Å². The molecule has 3 aromatic carbocycles. The summed E-state index contributed by atoms with van der Waals surface area (Å²) >= 11 is 0. The van der Waals surface area contributed by atoms with E-state index < -0.39 is 0 Å². The number of benzene rings is 3. The Bertz CT molecular complexity index is 1140. The zero-order valence-electron chi connectivity index (χ0n) is 19.1. The van der Waals surface area contributed by atoms with Crippen molar-refractivity contribution in [2.75, 3.05) is 19.1 Å². The number of fused-ring (bicyclic) bond motifs is 1. The number of carbonyl (C=O) groups is 2. The third-order valence-corrected chi connectivity index (χ3v) is 6.00. The molecule has 1 aliphatic rings. The minimum Gasteiger partial charge on any atom is -0.497 e. The predicted molar refractivity (Wildman–Crippen MR) is 130 cm³/mol. The largest absolute Gasteiger partial charge is 0.497 e. The smallest absolute Gasteiger partial charge is 0.314 e. The molecule has 0 unspecified atom stereocenters. The third kappa shape index (κ3) is 5.17. The minimum absolute atomic E-state index is 0.147. The van der Waals surface area contributed by atoms with Crippen molar-refractivity contribution < 1.29 is 14.3 Å². The van der Waals surface area contributed by atoms with Gasteiger partial charge in [0.1, 0.15) is 5.75 Å². The Morgan fingerprint density at radius 3 is 2.58 bits per heavy atom. The Kier molecular flexibility index (Phi) is 6.93. The highest BCUT2D eigenvalue weighted by Gasteiger charge is 2.23. The number of anilines is 1. The van der Waals surface area contributed by atoms with Crippen molar-refractivity contribution in [3.8, 4) is 16.9 Å². The molecule has 6 nitrogen and oxygen atoms in total. The monoisotopic (exact) mass is 443 g/mol. The zero-order chi connectivity index (χ0) is 23.2. The maximum absolute atomic E-state index is 12.9. The van der Waals surface area contributed by atoms with Crippen LogP contribution in [0.25, 0.3) is 11.1 Å².